The van der Waals surface area contributed by atoms with Crippen molar-refractivity contribution in [3.8, 4) is 0 Å². The number of hydrogen-bond acceptors (Lipinski definition) is 2. The van der Waals surface area contributed by atoms with Gasteiger partial charge < -0.3 is 14.9 Å². The van der Waals surface area contributed by atoms with E-state index in [9.17, 15) is 9.90 Å². The van der Waals surface area contributed by atoms with Crippen LogP contribution in [0, 0.1) is 6.92 Å². The van der Waals surface area contributed by atoms with Gasteiger partial charge in [-0.2, -0.15) is 0 Å². The van der Waals surface area contributed by atoms with Gasteiger partial charge in [-0.3, -0.25) is 0 Å². The SMILES string of the molecule is Cc1[nH]ccc1C(=O)[O-]. The van der Waals surface area contributed by atoms with Crippen LogP contribution in [0.25, 0.3) is 0 Å². The van der Waals surface area contributed by atoms with E-state index in [2.05, 4.69) is 4.98 Å². The third-order valence-electron chi connectivity index (χ3n) is 1.17. The summed E-state index contributed by atoms with van der Waals surface area (Å²) in [5.74, 6) is -1.13. The number of H-pyrrole nitrogens is 1. The summed E-state index contributed by atoms with van der Waals surface area (Å²) in [5, 5.41) is 10.2. The van der Waals surface area contributed by atoms with Crippen LogP contribution in [0.3, 0.4) is 0 Å². The zero-order chi connectivity index (χ0) is 6.85. The zero-order valence-electron chi connectivity index (χ0n) is 4.97. The van der Waals surface area contributed by atoms with E-state index < -0.39 is 5.97 Å². The van der Waals surface area contributed by atoms with Crippen LogP contribution in [0.4, 0.5) is 0 Å². The van der Waals surface area contributed by atoms with E-state index in [1.165, 1.54) is 6.07 Å². The molecule has 48 valence electrons. The van der Waals surface area contributed by atoms with E-state index in [1.54, 1.807) is 13.1 Å². The molecule has 3 heteroatoms. The lowest BCUT2D eigenvalue weighted by Crippen LogP contribution is -2.22. The summed E-state index contributed by atoms with van der Waals surface area (Å²) in [6, 6.07) is 1.48. The van der Waals surface area contributed by atoms with Gasteiger partial charge in [0.1, 0.15) is 0 Å². The van der Waals surface area contributed by atoms with Crippen molar-refractivity contribution in [3.05, 3.63) is 23.5 Å². The quantitative estimate of drug-likeness (QED) is 0.558. The molecule has 0 spiro atoms. The molecule has 0 aromatic carbocycles. The highest BCUT2D eigenvalue weighted by Gasteiger charge is 1.96. The molecular weight excluding hydrogens is 118 g/mol. The summed E-state index contributed by atoms with van der Waals surface area (Å²) in [4.78, 5) is 12.9. The summed E-state index contributed by atoms with van der Waals surface area (Å²) in [6.45, 7) is 1.69. The Morgan fingerprint density at radius 1 is 1.78 bits per heavy atom. The molecule has 0 aliphatic rings. The van der Waals surface area contributed by atoms with Gasteiger partial charge in [-0.15, -0.1) is 0 Å². The Morgan fingerprint density at radius 3 is 2.67 bits per heavy atom. The van der Waals surface area contributed by atoms with Crippen molar-refractivity contribution < 1.29 is 9.90 Å². The van der Waals surface area contributed by atoms with Gasteiger partial charge >= 0.3 is 0 Å². The normalized spacial score (nSPS) is 9.44. The summed E-state index contributed by atoms with van der Waals surface area (Å²) < 4.78 is 0. The molecule has 1 aromatic rings. The molecule has 0 fully saturated rings. The monoisotopic (exact) mass is 124 g/mol. The number of carboxylic acids is 1. The van der Waals surface area contributed by atoms with Gasteiger partial charge in [-0.25, -0.2) is 0 Å². The first-order valence-electron chi connectivity index (χ1n) is 2.57. The molecule has 1 N–H and O–H groups in total. The highest BCUT2D eigenvalue weighted by molar-refractivity contribution is 5.86. The van der Waals surface area contributed by atoms with Crippen LogP contribution < -0.4 is 5.11 Å². The molecule has 1 aromatic heterocycles. The molecule has 0 atom stereocenters. The van der Waals surface area contributed by atoms with Gasteiger partial charge in [0.15, 0.2) is 0 Å². The lowest BCUT2D eigenvalue weighted by atomic mass is 10.3. The van der Waals surface area contributed by atoms with Crippen LogP contribution >= 0.6 is 0 Å². The van der Waals surface area contributed by atoms with Crippen LogP contribution in [-0.4, -0.2) is 11.0 Å². The molecule has 0 aliphatic heterocycles. The Morgan fingerprint density at radius 2 is 2.44 bits per heavy atom. The minimum absolute atomic E-state index is 0.231. The third kappa shape index (κ3) is 0.937. The average Bonchev–Trinajstić information content (AvgIpc) is 2.13. The molecule has 0 radical (unpaired) electrons. The van der Waals surface area contributed by atoms with Gasteiger partial charge in [0.2, 0.25) is 0 Å². The summed E-state index contributed by atoms with van der Waals surface area (Å²) in [5.41, 5.74) is 0.866. The molecule has 0 saturated carbocycles. The molecule has 9 heavy (non-hydrogen) atoms. The second-order valence-corrected chi connectivity index (χ2v) is 1.80. The second-order valence-electron chi connectivity index (χ2n) is 1.80. The Labute approximate surface area is 52.3 Å². The topological polar surface area (TPSA) is 55.9 Å². The number of aromatic amines is 1. The van der Waals surface area contributed by atoms with E-state index in [-0.39, 0.29) is 5.56 Å². The van der Waals surface area contributed by atoms with Crippen LogP contribution in [0.15, 0.2) is 12.3 Å². The van der Waals surface area contributed by atoms with Gasteiger partial charge in [-0.05, 0) is 13.0 Å². The number of carboxylic acid groups (broad SMARTS) is 1. The maximum atomic E-state index is 10.2. The predicted octanol–water partition coefficient (Wildman–Crippen LogP) is -0.313. The van der Waals surface area contributed by atoms with E-state index in [0.29, 0.717) is 5.69 Å². The minimum atomic E-state index is -1.13. The Bertz CT molecular complexity index is 227. The Hall–Kier alpha value is -1.25. The lowest BCUT2D eigenvalue weighted by Gasteiger charge is -1.97. The van der Waals surface area contributed by atoms with Crippen molar-refractivity contribution in [2.75, 3.05) is 0 Å². The number of aryl methyl sites for hydroxylation is 1. The molecule has 3 nitrogen and oxygen atoms in total. The van der Waals surface area contributed by atoms with Crippen molar-refractivity contribution in [1.82, 2.24) is 4.98 Å². The van der Waals surface area contributed by atoms with Crippen LogP contribution in [-0.2, 0) is 0 Å². The van der Waals surface area contributed by atoms with Gasteiger partial charge in [-0.1, -0.05) is 0 Å². The molecule has 1 heterocycles. The van der Waals surface area contributed by atoms with Crippen LogP contribution in [0.2, 0.25) is 0 Å². The van der Waals surface area contributed by atoms with Crippen molar-refractivity contribution in [2.45, 2.75) is 6.92 Å². The van der Waals surface area contributed by atoms with Crippen molar-refractivity contribution >= 4 is 5.97 Å². The molecule has 0 unspecified atom stereocenters. The van der Waals surface area contributed by atoms with E-state index >= 15 is 0 Å². The van der Waals surface area contributed by atoms with E-state index in [0.717, 1.165) is 0 Å². The van der Waals surface area contributed by atoms with Gasteiger partial charge in [0, 0.05) is 17.5 Å². The molecule has 0 amide bonds. The number of aromatic nitrogens is 1. The highest BCUT2D eigenvalue weighted by atomic mass is 16.4. The van der Waals surface area contributed by atoms with E-state index in [4.69, 9.17) is 0 Å². The lowest BCUT2D eigenvalue weighted by molar-refractivity contribution is -0.255. The first kappa shape index (κ1) is 5.88. The number of carbonyl (C=O) groups is 1. The highest BCUT2D eigenvalue weighted by Crippen LogP contribution is 2.01. The van der Waals surface area contributed by atoms with Gasteiger partial charge in [0.05, 0.1) is 5.97 Å². The molecule has 0 bridgehead atoms. The van der Waals surface area contributed by atoms with Crippen molar-refractivity contribution in [3.63, 3.8) is 0 Å². The summed E-state index contributed by atoms with van der Waals surface area (Å²) in [7, 11) is 0. The van der Waals surface area contributed by atoms with Gasteiger partial charge in [0.25, 0.3) is 0 Å². The molecule has 1 rings (SSSR count). The smallest absolute Gasteiger partial charge is 0.0733 e. The van der Waals surface area contributed by atoms with Crippen LogP contribution in [0.1, 0.15) is 16.1 Å². The van der Waals surface area contributed by atoms with Crippen molar-refractivity contribution in [1.29, 1.82) is 0 Å². The summed E-state index contributed by atoms with van der Waals surface area (Å²) in [6.07, 6.45) is 1.57. The van der Waals surface area contributed by atoms with Crippen LogP contribution in [0.5, 0.6) is 0 Å². The number of aromatic carboxylic acids is 1. The van der Waals surface area contributed by atoms with E-state index in [1.807, 2.05) is 0 Å². The Balaban J connectivity index is 3.08. The number of carbonyl (C=O) groups excluding carboxylic acids is 1. The fraction of sp³-hybridized carbons (Fsp3) is 0.167. The zero-order valence-corrected chi connectivity index (χ0v) is 4.97. The largest absolute Gasteiger partial charge is 0.545 e. The summed E-state index contributed by atoms with van der Waals surface area (Å²) >= 11 is 0. The maximum absolute atomic E-state index is 10.2. The predicted molar refractivity (Wildman–Crippen MR) is 29.9 cm³/mol. The maximum Gasteiger partial charge on any atom is 0.0733 e. The fourth-order valence-electron chi connectivity index (χ4n) is 0.674. The third-order valence-corrected chi connectivity index (χ3v) is 1.17. The number of rotatable bonds is 1. The molecule has 0 saturated heterocycles. The average molecular weight is 124 g/mol. The minimum Gasteiger partial charge on any atom is -0.545 e. The van der Waals surface area contributed by atoms with Crippen molar-refractivity contribution in [2.24, 2.45) is 0 Å². The first-order valence-corrected chi connectivity index (χ1v) is 2.57. The fourth-order valence-corrected chi connectivity index (χ4v) is 0.674. The standard InChI is InChI=1S/C6H7NO2/c1-4-5(6(8)9)2-3-7-4/h2-3,7H,1H3,(H,8,9)/p-1. The molecular formula is C6H6NO2-. The first-order chi connectivity index (χ1) is 4.22. The number of nitrogens with one attached hydrogen (secondary N) is 1. The Kier molecular flexibility index (Phi) is 1.26. The second kappa shape index (κ2) is 1.93. The molecule has 0 aliphatic carbocycles. The number of hydrogen-bond donors (Lipinski definition) is 1.